The Labute approximate surface area is 217 Å². The van der Waals surface area contributed by atoms with Crippen LogP contribution in [-0.4, -0.2) is 0 Å². The average molecular weight is 456 g/mol. The van der Waals surface area contributed by atoms with E-state index >= 15 is 0 Å². The van der Waals surface area contributed by atoms with Crippen molar-refractivity contribution < 1.29 is 19.5 Å². The van der Waals surface area contributed by atoms with Gasteiger partial charge in [0.25, 0.3) is 0 Å². The first-order chi connectivity index (χ1) is 22.0. The van der Waals surface area contributed by atoms with Gasteiger partial charge in [-0.05, 0) is 78.4 Å². The van der Waals surface area contributed by atoms with Crippen LogP contribution in [0.25, 0.3) is 76.2 Å². The van der Waals surface area contributed by atoms with E-state index in [9.17, 15) is 2.74 Å². The molecule has 1 aromatic heterocycles. The van der Waals surface area contributed by atoms with Crippen molar-refractivity contribution in [2.24, 2.45) is 0 Å². The smallest absolute Gasteiger partial charge is 0.136 e. The summed E-state index contributed by atoms with van der Waals surface area (Å²) in [6, 6.07) is 11.3. The molecule has 1 heteroatoms. The standard InChI is InChI=1S/C34H20O/c1-3-10-25-21(7-1)15-16-24-20-30-23(19-29(24)25)9-5-12-27(30)28-13-6-14-31-34(28)33-26-11-4-2-8-22(26)17-18-32(33)35-31/h1-20H/i1D,3D,5D,7D,9D,10D,12D,15D,16D,19D,20D. The molecule has 0 fully saturated rings. The topological polar surface area (TPSA) is 13.1 Å². The van der Waals surface area contributed by atoms with Crippen LogP contribution in [0.2, 0.25) is 0 Å². The average Bonchev–Trinajstić information content (AvgIpc) is 3.45. The van der Waals surface area contributed by atoms with Crippen LogP contribution >= 0.6 is 0 Å². The highest BCUT2D eigenvalue weighted by molar-refractivity contribution is 6.24. The zero-order chi connectivity index (χ0) is 32.5. The third-order valence-electron chi connectivity index (χ3n) is 6.53. The quantitative estimate of drug-likeness (QED) is 0.177. The molecular formula is C34H20O. The van der Waals surface area contributed by atoms with E-state index in [2.05, 4.69) is 0 Å². The first-order valence-electron chi connectivity index (χ1n) is 16.6. The van der Waals surface area contributed by atoms with Crippen molar-refractivity contribution in [3.8, 4) is 11.1 Å². The van der Waals surface area contributed by atoms with Gasteiger partial charge in [0.1, 0.15) is 11.2 Å². The fourth-order valence-electron chi connectivity index (χ4n) is 5.00. The summed E-state index contributed by atoms with van der Waals surface area (Å²) < 4.78 is 103. The van der Waals surface area contributed by atoms with E-state index in [4.69, 9.17) is 16.8 Å². The Morgan fingerprint density at radius 1 is 0.457 bits per heavy atom. The van der Waals surface area contributed by atoms with Gasteiger partial charge in [-0.1, -0.05) is 96.8 Å². The van der Waals surface area contributed by atoms with E-state index in [0.717, 1.165) is 16.2 Å². The van der Waals surface area contributed by atoms with Gasteiger partial charge in [-0.2, -0.15) is 0 Å². The zero-order valence-corrected chi connectivity index (χ0v) is 18.1. The molecule has 1 heterocycles. The molecule has 35 heavy (non-hydrogen) atoms. The summed E-state index contributed by atoms with van der Waals surface area (Å²) in [5, 5.41) is 2.20. The molecule has 0 aliphatic rings. The molecule has 0 aliphatic heterocycles. The Balaban J connectivity index is 1.66. The molecule has 0 amide bonds. The predicted octanol–water partition coefficient (Wildman–Crippen LogP) is 9.87. The molecule has 0 unspecified atom stereocenters. The summed E-state index contributed by atoms with van der Waals surface area (Å²) in [5.41, 5.74) is 1.61. The molecule has 0 spiro atoms. The molecule has 0 atom stereocenters. The number of hydrogen-bond donors (Lipinski definition) is 0. The summed E-state index contributed by atoms with van der Waals surface area (Å²) in [6.45, 7) is 0. The van der Waals surface area contributed by atoms with Gasteiger partial charge in [-0.3, -0.25) is 0 Å². The van der Waals surface area contributed by atoms with Crippen LogP contribution in [0.4, 0.5) is 0 Å². The second kappa shape index (κ2) is 6.94. The minimum absolute atomic E-state index is 0.0290. The molecule has 0 saturated heterocycles. The van der Waals surface area contributed by atoms with Crippen molar-refractivity contribution in [2.45, 2.75) is 0 Å². The second-order valence-corrected chi connectivity index (χ2v) is 8.44. The van der Waals surface area contributed by atoms with Crippen molar-refractivity contribution >= 4 is 65.0 Å². The molecule has 0 N–H and O–H groups in total. The third kappa shape index (κ3) is 2.64. The van der Waals surface area contributed by atoms with Crippen LogP contribution in [0.3, 0.4) is 0 Å². The number of rotatable bonds is 1. The minimum Gasteiger partial charge on any atom is -0.456 e. The van der Waals surface area contributed by atoms with Gasteiger partial charge in [0.05, 0.1) is 15.1 Å². The summed E-state index contributed by atoms with van der Waals surface area (Å²) in [7, 11) is 0. The van der Waals surface area contributed by atoms with Gasteiger partial charge in [0.2, 0.25) is 0 Å². The van der Waals surface area contributed by atoms with Crippen LogP contribution < -0.4 is 0 Å². The third-order valence-corrected chi connectivity index (χ3v) is 6.53. The normalized spacial score (nSPS) is 16.4. The maximum Gasteiger partial charge on any atom is 0.136 e. The van der Waals surface area contributed by atoms with E-state index in [1.807, 2.05) is 36.4 Å². The maximum absolute atomic E-state index is 9.45. The first kappa shape index (κ1) is 11.2. The van der Waals surface area contributed by atoms with E-state index in [1.54, 1.807) is 18.2 Å². The predicted molar refractivity (Wildman–Crippen MR) is 149 cm³/mol. The lowest BCUT2D eigenvalue weighted by Crippen LogP contribution is -1.85. The van der Waals surface area contributed by atoms with E-state index in [-0.39, 0.29) is 50.0 Å². The minimum atomic E-state index is -0.595. The highest BCUT2D eigenvalue weighted by atomic mass is 16.3. The van der Waals surface area contributed by atoms with Crippen molar-refractivity contribution in [2.75, 3.05) is 0 Å². The Kier molecular flexibility index (Phi) is 2.22. The van der Waals surface area contributed by atoms with E-state index < -0.39 is 54.4 Å². The van der Waals surface area contributed by atoms with Crippen LogP contribution in [0, 0.1) is 0 Å². The van der Waals surface area contributed by atoms with Crippen molar-refractivity contribution in [1.82, 2.24) is 0 Å². The van der Waals surface area contributed by atoms with Crippen LogP contribution in [0.5, 0.6) is 0 Å². The number of furan rings is 1. The lowest BCUT2D eigenvalue weighted by atomic mass is 9.91. The summed E-state index contributed by atoms with van der Waals surface area (Å²) >= 11 is 0. The molecule has 8 aromatic rings. The van der Waals surface area contributed by atoms with Gasteiger partial charge < -0.3 is 4.42 Å². The molecule has 0 saturated carbocycles. The van der Waals surface area contributed by atoms with Gasteiger partial charge in [0.15, 0.2) is 0 Å². The number of fused-ring (bicyclic) bond motifs is 9. The molecule has 0 bridgehead atoms. The van der Waals surface area contributed by atoms with Crippen molar-refractivity contribution in [1.29, 1.82) is 0 Å². The van der Waals surface area contributed by atoms with Crippen molar-refractivity contribution in [3.05, 3.63) is 121 Å². The highest BCUT2D eigenvalue weighted by Gasteiger charge is 2.16. The molecule has 1 nitrogen and oxygen atoms in total. The van der Waals surface area contributed by atoms with Crippen LogP contribution in [0.1, 0.15) is 15.1 Å². The lowest BCUT2D eigenvalue weighted by molar-refractivity contribution is 0.669. The van der Waals surface area contributed by atoms with Crippen LogP contribution in [0.15, 0.2) is 125 Å². The fourth-order valence-corrected chi connectivity index (χ4v) is 5.00. The van der Waals surface area contributed by atoms with Gasteiger partial charge in [-0.15, -0.1) is 0 Å². The molecular weight excluding hydrogens is 424 g/mol. The molecule has 0 aliphatic carbocycles. The molecule has 0 radical (unpaired) electrons. The second-order valence-electron chi connectivity index (χ2n) is 8.44. The van der Waals surface area contributed by atoms with E-state index in [0.29, 0.717) is 22.1 Å². The van der Waals surface area contributed by atoms with E-state index in [1.165, 1.54) is 0 Å². The zero-order valence-electron chi connectivity index (χ0n) is 29.1. The summed E-state index contributed by atoms with van der Waals surface area (Å²) in [5.74, 6) is 0. The molecule has 162 valence electrons. The number of hydrogen-bond acceptors (Lipinski definition) is 1. The first-order valence-corrected chi connectivity index (χ1v) is 11.1. The summed E-state index contributed by atoms with van der Waals surface area (Å²) in [4.78, 5) is 0. The lowest BCUT2D eigenvalue weighted by Gasteiger charge is -2.12. The Morgan fingerprint density at radius 2 is 1.26 bits per heavy atom. The Morgan fingerprint density at radius 3 is 2.26 bits per heavy atom. The highest BCUT2D eigenvalue weighted by Crippen LogP contribution is 2.42. The summed E-state index contributed by atoms with van der Waals surface area (Å²) in [6.07, 6.45) is 0. The van der Waals surface area contributed by atoms with Gasteiger partial charge in [0, 0.05) is 10.8 Å². The molecule has 7 aromatic carbocycles. The van der Waals surface area contributed by atoms with Gasteiger partial charge in [-0.25, -0.2) is 0 Å². The Hall–Kier alpha value is -4.62. The van der Waals surface area contributed by atoms with Crippen molar-refractivity contribution in [3.63, 3.8) is 0 Å². The maximum atomic E-state index is 9.45. The van der Waals surface area contributed by atoms with Crippen LogP contribution in [-0.2, 0) is 0 Å². The SMILES string of the molecule is [2H]c1c([2H])c(-c2cccc3oc4ccc5ccccc5c4c23)c2c([2H])c3c([2H])c([2H])c4c([2H])c([2H])c([2H])c([2H])c4c3c([2H])c2c1[2H]. The number of benzene rings is 7. The Bertz CT molecular complexity index is 2710. The largest absolute Gasteiger partial charge is 0.456 e. The van der Waals surface area contributed by atoms with Gasteiger partial charge >= 0.3 is 0 Å². The molecule has 8 rings (SSSR count). The monoisotopic (exact) mass is 455 g/mol. The fraction of sp³-hybridized carbons (Fsp3) is 0.